The van der Waals surface area contributed by atoms with Gasteiger partial charge in [0.15, 0.2) is 17.4 Å². The molecule has 2 saturated heterocycles. The highest BCUT2D eigenvalue weighted by Gasteiger charge is 2.58. The van der Waals surface area contributed by atoms with Crippen LogP contribution in [0.25, 0.3) is 11.2 Å². The molecule has 1 amide bonds. The van der Waals surface area contributed by atoms with Gasteiger partial charge in [-0.1, -0.05) is 20.8 Å². The molecule has 4 atom stereocenters. The Morgan fingerprint density at radius 3 is 2.88 bits per heavy atom. The molecule has 4 rings (SSSR count). The largest absolute Gasteiger partial charge is 0.362 e. The van der Waals surface area contributed by atoms with E-state index >= 15 is 0 Å². The second-order valence-corrected chi connectivity index (χ2v) is 6.42. The van der Waals surface area contributed by atoms with E-state index in [0.29, 0.717) is 5.65 Å². The maximum Gasteiger partial charge on any atom is 0.280 e. The lowest BCUT2D eigenvalue weighted by Crippen LogP contribution is -2.23. The molecule has 2 aliphatic rings. The second kappa shape index (κ2) is 5.38. The Balaban J connectivity index is 1.71. The highest BCUT2D eigenvalue weighted by molar-refractivity contribution is 5.91. The quantitative estimate of drug-likeness (QED) is 0.800. The summed E-state index contributed by atoms with van der Waals surface area (Å²) >= 11 is 0. The summed E-state index contributed by atoms with van der Waals surface area (Å²) in [6.45, 7) is 5.57. The number of hydrogen-bond donors (Lipinski definition) is 2. The minimum Gasteiger partial charge on any atom is -0.362 e. The van der Waals surface area contributed by atoms with Crippen LogP contribution in [0.5, 0.6) is 0 Å². The number of hydrogen-bond acceptors (Lipinski definition) is 6. The van der Waals surface area contributed by atoms with Crippen molar-refractivity contribution in [2.45, 2.75) is 51.7 Å². The number of amides is 1. The molecule has 0 bridgehead atoms. The first-order valence-electron chi connectivity index (χ1n) is 8.08. The fourth-order valence-corrected chi connectivity index (χ4v) is 2.98. The predicted octanol–water partition coefficient (Wildman–Crippen LogP) is 0.789. The van der Waals surface area contributed by atoms with Gasteiger partial charge in [0.2, 0.25) is 11.9 Å². The average Bonchev–Trinajstić information content (AvgIpc) is 3.07. The number of imidazole rings is 1. The van der Waals surface area contributed by atoms with Gasteiger partial charge >= 0.3 is 0 Å². The van der Waals surface area contributed by atoms with E-state index < -0.39 is 5.56 Å². The number of ether oxygens (including phenoxy) is 2. The van der Waals surface area contributed by atoms with E-state index in [1.165, 1.54) is 6.33 Å². The highest BCUT2D eigenvalue weighted by Crippen LogP contribution is 2.46. The Hall–Kier alpha value is -2.26. The number of rotatable bonds is 4. The summed E-state index contributed by atoms with van der Waals surface area (Å²) in [5.41, 5.74) is 0.170. The molecule has 9 nitrogen and oxygen atoms in total. The number of H-pyrrole nitrogens is 1. The molecule has 2 aliphatic heterocycles. The Bertz CT molecular complexity index is 857. The number of aromatic nitrogens is 4. The highest BCUT2D eigenvalue weighted by atomic mass is 16.7. The van der Waals surface area contributed by atoms with Crippen LogP contribution in [0, 0.1) is 5.92 Å². The summed E-state index contributed by atoms with van der Waals surface area (Å²) in [5, 5.41) is 2.60. The number of anilines is 1. The summed E-state index contributed by atoms with van der Waals surface area (Å²) in [6.07, 6.45) is 2.13. The second-order valence-electron chi connectivity index (χ2n) is 6.42. The number of nitrogens with zero attached hydrogens (tertiary/aromatic N) is 3. The molecular formula is C15H19N5O4. The molecule has 0 aromatic carbocycles. The lowest BCUT2D eigenvalue weighted by Gasteiger charge is -2.17. The van der Waals surface area contributed by atoms with Crippen molar-refractivity contribution >= 4 is 23.0 Å². The topological polar surface area (TPSA) is 114 Å². The van der Waals surface area contributed by atoms with Crippen LogP contribution in [0.15, 0.2) is 11.1 Å². The van der Waals surface area contributed by atoms with Gasteiger partial charge in [-0.2, -0.15) is 4.98 Å². The van der Waals surface area contributed by atoms with E-state index in [2.05, 4.69) is 20.3 Å². The number of epoxide rings is 1. The third kappa shape index (κ3) is 2.31. The third-order valence-corrected chi connectivity index (χ3v) is 4.40. The summed E-state index contributed by atoms with van der Waals surface area (Å²) in [7, 11) is 0. The summed E-state index contributed by atoms with van der Waals surface area (Å²) in [6, 6.07) is 0. The molecule has 2 N–H and O–H groups in total. The molecule has 0 unspecified atom stereocenters. The van der Waals surface area contributed by atoms with E-state index in [9.17, 15) is 9.59 Å². The van der Waals surface area contributed by atoms with Crippen molar-refractivity contribution < 1.29 is 14.3 Å². The van der Waals surface area contributed by atoms with Gasteiger partial charge < -0.3 is 9.47 Å². The molecule has 4 heterocycles. The van der Waals surface area contributed by atoms with Crippen LogP contribution in [-0.4, -0.2) is 43.7 Å². The van der Waals surface area contributed by atoms with Crippen molar-refractivity contribution in [1.82, 2.24) is 19.5 Å². The lowest BCUT2D eigenvalue weighted by atomic mass is 10.2. The van der Waals surface area contributed by atoms with Crippen molar-refractivity contribution in [3.05, 3.63) is 16.7 Å². The Kier molecular flexibility index (Phi) is 3.43. The third-order valence-electron chi connectivity index (χ3n) is 4.40. The zero-order chi connectivity index (χ0) is 17.0. The Labute approximate surface area is 137 Å². The fourth-order valence-electron chi connectivity index (χ4n) is 2.98. The number of carbonyl (C=O) groups excluding carboxylic acids is 1. The average molecular weight is 333 g/mol. The number of fused-ring (bicyclic) bond motifs is 2. The van der Waals surface area contributed by atoms with Gasteiger partial charge in [-0.15, -0.1) is 0 Å². The molecule has 128 valence electrons. The summed E-state index contributed by atoms with van der Waals surface area (Å²) in [4.78, 5) is 35.0. The van der Waals surface area contributed by atoms with Crippen LogP contribution in [0.1, 0.15) is 33.4 Å². The van der Waals surface area contributed by atoms with Gasteiger partial charge in [0.25, 0.3) is 5.56 Å². The Morgan fingerprint density at radius 1 is 1.42 bits per heavy atom. The van der Waals surface area contributed by atoms with Crippen LogP contribution >= 0.6 is 0 Å². The summed E-state index contributed by atoms with van der Waals surface area (Å²) < 4.78 is 13.3. The maximum atomic E-state index is 12.2. The molecule has 2 fully saturated rings. The van der Waals surface area contributed by atoms with Crippen molar-refractivity contribution in [2.75, 3.05) is 5.32 Å². The van der Waals surface area contributed by atoms with Gasteiger partial charge in [0, 0.05) is 5.92 Å². The van der Waals surface area contributed by atoms with Gasteiger partial charge in [0.05, 0.1) is 12.4 Å². The molecular weight excluding hydrogens is 314 g/mol. The number of carbonyl (C=O) groups is 1. The minimum absolute atomic E-state index is 0.0397. The molecule has 24 heavy (non-hydrogen) atoms. The molecule has 9 heteroatoms. The zero-order valence-electron chi connectivity index (χ0n) is 13.6. The number of nitrogens with one attached hydrogen (secondary N) is 2. The molecule has 0 saturated carbocycles. The van der Waals surface area contributed by atoms with E-state index in [1.54, 1.807) is 18.4 Å². The van der Waals surface area contributed by atoms with E-state index in [-0.39, 0.29) is 47.8 Å². The normalized spacial score (nSPS) is 28.3. The predicted molar refractivity (Wildman–Crippen MR) is 84.5 cm³/mol. The smallest absolute Gasteiger partial charge is 0.280 e. The van der Waals surface area contributed by atoms with Gasteiger partial charge in [-0.25, -0.2) is 4.98 Å². The van der Waals surface area contributed by atoms with Crippen molar-refractivity contribution in [1.29, 1.82) is 0 Å². The SMILES string of the molecule is CC[C@H]1O[C@@H](n2cnc3c(=O)[nH]c(NC(=O)C(C)C)nc32)[C@H]2O[C@H]21. The maximum absolute atomic E-state index is 12.2. The van der Waals surface area contributed by atoms with Gasteiger partial charge in [0.1, 0.15) is 12.2 Å². The van der Waals surface area contributed by atoms with E-state index in [1.807, 2.05) is 6.92 Å². The summed E-state index contributed by atoms with van der Waals surface area (Å²) in [5.74, 6) is -0.344. The first-order chi connectivity index (χ1) is 11.5. The monoisotopic (exact) mass is 333 g/mol. The van der Waals surface area contributed by atoms with Crippen LogP contribution < -0.4 is 10.9 Å². The zero-order valence-corrected chi connectivity index (χ0v) is 13.6. The van der Waals surface area contributed by atoms with Crippen LogP contribution in [0.4, 0.5) is 5.95 Å². The van der Waals surface area contributed by atoms with E-state index in [4.69, 9.17) is 9.47 Å². The number of aromatic amines is 1. The first kappa shape index (κ1) is 15.3. The van der Waals surface area contributed by atoms with Crippen LogP contribution in [-0.2, 0) is 14.3 Å². The van der Waals surface area contributed by atoms with Gasteiger partial charge in [-0.05, 0) is 6.42 Å². The molecule has 0 spiro atoms. The molecule has 2 aromatic rings. The van der Waals surface area contributed by atoms with Crippen LogP contribution in [0.2, 0.25) is 0 Å². The van der Waals surface area contributed by atoms with Crippen molar-refractivity contribution in [3.8, 4) is 0 Å². The molecule has 0 aliphatic carbocycles. The molecule has 2 aromatic heterocycles. The lowest BCUT2D eigenvalue weighted by molar-refractivity contribution is -0.118. The Morgan fingerprint density at radius 2 is 2.21 bits per heavy atom. The van der Waals surface area contributed by atoms with Crippen molar-refractivity contribution in [3.63, 3.8) is 0 Å². The van der Waals surface area contributed by atoms with Crippen molar-refractivity contribution in [2.24, 2.45) is 5.92 Å². The van der Waals surface area contributed by atoms with Crippen LogP contribution in [0.3, 0.4) is 0 Å². The first-order valence-corrected chi connectivity index (χ1v) is 8.08. The minimum atomic E-state index is -0.406. The van der Waals surface area contributed by atoms with E-state index in [0.717, 1.165) is 6.42 Å². The molecule has 0 radical (unpaired) electrons. The van der Waals surface area contributed by atoms with Gasteiger partial charge in [-0.3, -0.25) is 24.5 Å². The standard InChI is InChI=1S/C15H19N5O4/c1-4-7-9-10(24-9)14(23-7)20-5-16-8-11(20)17-15(19-13(8)22)18-12(21)6(2)3/h5-7,9-10,14H,4H2,1-3H3,(H2,17,18,19,21,22)/t7-,9+,10+,14-/m1/s1. The fraction of sp³-hybridized carbons (Fsp3) is 0.600.